The van der Waals surface area contributed by atoms with Crippen LogP contribution in [-0.4, -0.2) is 14.5 Å². The third-order valence-corrected chi connectivity index (χ3v) is 5.25. The molecule has 0 bridgehead atoms. The summed E-state index contributed by atoms with van der Waals surface area (Å²) in [6.07, 6.45) is 5.64. The fourth-order valence-corrected chi connectivity index (χ4v) is 3.75. The number of benzene rings is 3. The van der Waals surface area contributed by atoms with Gasteiger partial charge in [0.25, 0.3) is 0 Å². The second-order valence-corrected chi connectivity index (χ2v) is 7.58. The molecule has 0 saturated carbocycles. The summed E-state index contributed by atoms with van der Waals surface area (Å²) in [5.41, 5.74) is 7.01. The van der Waals surface area contributed by atoms with Gasteiger partial charge in [0, 0.05) is 23.4 Å². The topological polar surface area (TPSA) is 39.9 Å². The van der Waals surface area contributed by atoms with Crippen LogP contribution in [0.25, 0.3) is 28.2 Å². The SMILES string of the molecule is Cc1cccc(C)c1-n1cnc(-c2[c-]c(Oc3[c-]c(-c4ccccn4)ccc3)ccc2)c1.[Pt+2]. The van der Waals surface area contributed by atoms with Crippen molar-refractivity contribution >= 4 is 0 Å². The number of pyridine rings is 1. The van der Waals surface area contributed by atoms with Crippen molar-refractivity contribution < 1.29 is 25.8 Å². The molecule has 0 N–H and O–H groups in total. The van der Waals surface area contributed by atoms with Gasteiger partial charge >= 0.3 is 21.1 Å². The number of hydrogen-bond donors (Lipinski definition) is 0. The first-order chi connectivity index (χ1) is 15.7. The fourth-order valence-electron chi connectivity index (χ4n) is 3.75. The molecule has 0 spiro atoms. The Bertz CT molecular complexity index is 1360. The van der Waals surface area contributed by atoms with Crippen molar-refractivity contribution in [3.05, 3.63) is 115 Å². The van der Waals surface area contributed by atoms with Crippen molar-refractivity contribution in [3.63, 3.8) is 0 Å². The minimum absolute atomic E-state index is 0. The first-order valence-corrected chi connectivity index (χ1v) is 10.4. The smallest absolute Gasteiger partial charge is 0.497 e. The van der Waals surface area contributed by atoms with Gasteiger partial charge in [0.1, 0.15) is 0 Å². The summed E-state index contributed by atoms with van der Waals surface area (Å²) in [5.74, 6) is 1.22. The Morgan fingerprint density at radius 1 is 0.697 bits per heavy atom. The molecule has 0 aliphatic heterocycles. The molecule has 2 heterocycles. The monoisotopic (exact) mass is 610 g/mol. The molecular weight excluding hydrogens is 589 g/mol. The van der Waals surface area contributed by atoms with E-state index >= 15 is 0 Å². The Balaban J connectivity index is 0.00000259. The number of rotatable bonds is 5. The van der Waals surface area contributed by atoms with Gasteiger partial charge in [0.2, 0.25) is 0 Å². The summed E-state index contributed by atoms with van der Waals surface area (Å²) in [6, 6.07) is 30.3. The second-order valence-electron chi connectivity index (χ2n) is 7.58. The zero-order valence-electron chi connectivity index (χ0n) is 18.2. The molecule has 0 aliphatic carbocycles. The molecule has 164 valence electrons. The Kier molecular flexibility index (Phi) is 6.86. The van der Waals surface area contributed by atoms with E-state index in [9.17, 15) is 0 Å². The van der Waals surface area contributed by atoms with Crippen molar-refractivity contribution in [1.29, 1.82) is 0 Å². The molecule has 0 aliphatic rings. The van der Waals surface area contributed by atoms with Gasteiger partial charge in [-0.15, -0.1) is 47.5 Å². The number of imidazole rings is 1. The van der Waals surface area contributed by atoms with E-state index in [1.807, 2.05) is 67.1 Å². The predicted octanol–water partition coefficient (Wildman–Crippen LogP) is 6.61. The average Bonchev–Trinajstić information content (AvgIpc) is 3.30. The molecule has 5 heteroatoms. The van der Waals surface area contributed by atoms with Crippen LogP contribution in [0.2, 0.25) is 0 Å². The molecule has 0 atom stereocenters. The van der Waals surface area contributed by atoms with Crippen LogP contribution in [0.4, 0.5) is 0 Å². The van der Waals surface area contributed by atoms with E-state index in [0.717, 1.165) is 28.2 Å². The maximum absolute atomic E-state index is 6.06. The number of para-hydroxylation sites is 1. The Labute approximate surface area is 208 Å². The number of ether oxygens (including phenoxy) is 1. The van der Waals surface area contributed by atoms with Crippen molar-refractivity contribution in [2.75, 3.05) is 0 Å². The first-order valence-electron chi connectivity index (χ1n) is 10.4. The minimum Gasteiger partial charge on any atom is -0.497 e. The number of aryl methyl sites for hydroxylation is 2. The van der Waals surface area contributed by atoms with E-state index < -0.39 is 0 Å². The molecule has 0 saturated heterocycles. The van der Waals surface area contributed by atoms with Gasteiger partial charge in [-0.2, -0.15) is 0 Å². The van der Waals surface area contributed by atoms with Gasteiger partial charge in [-0.3, -0.25) is 4.98 Å². The van der Waals surface area contributed by atoms with Gasteiger partial charge in [0.15, 0.2) is 0 Å². The second kappa shape index (κ2) is 9.97. The summed E-state index contributed by atoms with van der Waals surface area (Å²) in [6.45, 7) is 4.22. The average molecular weight is 611 g/mol. The summed E-state index contributed by atoms with van der Waals surface area (Å²) in [5, 5.41) is 0. The molecule has 5 aromatic rings. The standard InChI is InChI=1S/C28H21N3O.Pt/c1-20-8-5-9-21(2)28(20)31-18-27(30-19-31)23-11-7-13-25(17-23)32-24-12-6-10-22(16-24)26-14-3-4-15-29-26;/h3-15,18-19H,1-2H3;/q-2;+2. The van der Waals surface area contributed by atoms with Crippen LogP contribution in [0, 0.1) is 26.0 Å². The van der Waals surface area contributed by atoms with E-state index in [1.165, 1.54) is 11.1 Å². The molecule has 4 nitrogen and oxygen atoms in total. The van der Waals surface area contributed by atoms with Crippen LogP contribution >= 0.6 is 0 Å². The summed E-state index contributed by atoms with van der Waals surface area (Å²) in [4.78, 5) is 8.99. The van der Waals surface area contributed by atoms with Crippen molar-refractivity contribution in [2.24, 2.45) is 0 Å². The summed E-state index contributed by atoms with van der Waals surface area (Å²) < 4.78 is 8.12. The molecule has 5 rings (SSSR count). The molecule has 0 amide bonds. The zero-order valence-corrected chi connectivity index (χ0v) is 20.5. The number of aromatic nitrogens is 3. The summed E-state index contributed by atoms with van der Waals surface area (Å²) >= 11 is 0. The van der Waals surface area contributed by atoms with E-state index in [1.54, 1.807) is 6.20 Å². The largest absolute Gasteiger partial charge is 2.00 e. The Morgan fingerprint density at radius 2 is 1.33 bits per heavy atom. The predicted molar refractivity (Wildman–Crippen MR) is 126 cm³/mol. The van der Waals surface area contributed by atoms with Crippen molar-refractivity contribution in [2.45, 2.75) is 13.8 Å². The van der Waals surface area contributed by atoms with Gasteiger partial charge in [-0.25, -0.2) is 0 Å². The van der Waals surface area contributed by atoms with Crippen molar-refractivity contribution in [1.82, 2.24) is 14.5 Å². The number of hydrogen-bond acceptors (Lipinski definition) is 3. The van der Waals surface area contributed by atoms with E-state index in [2.05, 4.69) is 58.7 Å². The van der Waals surface area contributed by atoms with Crippen LogP contribution < -0.4 is 4.74 Å². The van der Waals surface area contributed by atoms with E-state index in [4.69, 9.17) is 4.74 Å². The fraction of sp³-hybridized carbons (Fsp3) is 0.0714. The molecule has 33 heavy (non-hydrogen) atoms. The minimum atomic E-state index is 0. The Hall–Kier alpha value is -3.49. The van der Waals surface area contributed by atoms with Gasteiger partial charge < -0.3 is 14.3 Å². The zero-order chi connectivity index (χ0) is 21.9. The quantitative estimate of drug-likeness (QED) is 0.211. The normalized spacial score (nSPS) is 10.5. The summed E-state index contributed by atoms with van der Waals surface area (Å²) in [7, 11) is 0. The van der Waals surface area contributed by atoms with Crippen LogP contribution in [0.15, 0.2) is 91.5 Å². The number of nitrogens with zero attached hydrogens (tertiary/aromatic N) is 3. The third kappa shape index (κ3) is 4.97. The molecule has 0 radical (unpaired) electrons. The molecule has 2 aromatic heterocycles. The van der Waals surface area contributed by atoms with E-state index in [0.29, 0.717) is 11.5 Å². The van der Waals surface area contributed by atoms with Gasteiger partial charge in [-0.1, -0.05) is 42.5 Å². The maximum atomic E-state index is 6.06. The van der Waals surface area contributed by atoms with Crippen LogP contribution in [0.3, 0.4) is 0 Å². The molecule has 0 unspecified atom stereocenters. The Morgan fingerprint density at radius 3 is 1.97 bits per heavy atom. The van der Waals surface area contributed by atoms with Crippen molar-refractivity contribution in [3.8, 4) is 39.7 Å². The van der Waals surface area contributed by atoms with E-state index in [-0.39, 0.29) is 21.1 Å². The molecular formula is C28H21N3OPt. The van der Waals surface area contributed by atoms with Gasteiger partial charge in [0.05, 0.1) is 12.0 Å². The first kappa shape index (κ1) is 22.7. The van der Waals surface area contributed by atoms with Crippen LogP contribution in [-0.2, 0) is 21.1 Å². The van der Waals surface area contributed by atoms with Crippen LogP contribution in [0.1, 0.15) is 11.1 Å². The third-order valence-electron chi connectivity index (χ3n) is 5.25. The molecule has 3 aromatic carbocycles. The van der Waals surface area contributed by atoms with Gasteiger partial charge in [-0.05, 0) is 42.9 Å². The molecule has 0 fully saturated rings. The van der Waals surface area contributed by atoms with Crippen LogP contribution in [0.5, 0.6) is 11.5 Å². The maximum Gasteiger partial charge on any atom is 2.00 e.